The van der Waals surface area contributed by atoms with Crippen molar-refractivity contribution >= 4 is 22.6 Å². The van der Waals surface area contributed by atoms with Gasteiger partial charge in [0.25, 0.3) is 0 Å². The third-order valence-corrected chi connectivity index (χ3v) is 8.15. The standard InChI is InChI=1S/C29H32F2N4O3/c1-18-12-25(37-2)22(20-6-9-34-26(18)20)15-35-11-7-28(16-29(30,31)17-28)14-24(35)21-5-4-19(27(36)38-3)13-23(21)33-10-8-32/h4-6,9,12-13,24,33-34H,7,10-11,14-17H2,1-3H3. The molecule has 5 rings (SSSR count). The highest BCUT2D eigenvalue weighted by Gasteiger charge is 2.58. The molecule has 1 saturated heterocycles. The molecule has 1 saturated carbocycles. The van der Waals surface area contributed by atoms with Crippen LogP contribution in [0.3, 0.4) is 0 Å². The first-order chi connectivity index (χ1) is 18.2. The number of benzene rings is 2. The zero-order chi connectivity index (χ0) is 27.1. The third kappa shape index (κ3) is 4.69. The van der Waals surface area contributed by atoms with E-state index in [1.165, 1.54) is 7.11 Å². The van der Waals surface area contributed by atoms with Crippen molar-refractivity contribution in [2.45, 2.75) is 51.1 Å². The number of halogens is 2. The smallest absolute Gasteiger partial charge is 0.337 e. The van der Waals surface area contributed by atoms with Gasteiger partial charge in [-0.1, -0.05) is 6.07 Å². The van der Waals surface area contributed by atoms with E-state index in [0.29, 0.717) is 37.2 Å². The topological polar surface area (TPSA) is 90.4 Å². The quantitative estimate of drug-likeness (QED) is 0.294. The first kappa shape index (κ1) is 26.0. The number of likely N-dealkylation sites (tertiary alicyclic amines) is 1. The van der Waals surface area contributed by atoms with E-state index in [2.05, 4.69) is 21.3 Å². The van der Waals surface area contributed by atoms with Crippen molar-refractivity contribution in [2.24, 2.45) is 5.41 Å². The van der Waals surface area contributed by atoms with Gasteiger partial charge in [0.15, 0.2) is 0 Å². The highest BCUT2D eigenvalue weighted by atomic mass is 19.3. The number of methoxy groups -OCH3 is 2. The summed E-state index contributed by atoms with van der Waals surface area (Å²) in [5, 5.41) is 13.4. The van der Waals surface area contributed by atoms with Crippen molar-refractivity contribution in [3.8, 4) is 11.8 Å². The monoisotopic (exact) mass is 522 g/mol. The van der Waals surface area contributed by atoms with Gasteiger partial charge in [0, 0.05) is 53.8 Å². The molecule has 0 amide bonds. The lowest BCUT2D eigenvalue weighted by molar-refractivity contribution is -0.186. The Morgan fingerprint density at radius 2 is 2.05 bits per heavy atom. The minimum atomic E-state index is -2.62. The van der Waals surface area contributed by atoms with E-state index in [1.807, 2.05) is 31.3 Å². The number of piperidine rings is 1. The molecule has 38 heavy (non-hydrogen) atoms. The molecule has 9 heteroatoms. The molecule has 2 aliphatic rings. The summed E-state index contributed by atoms with van der Waals surface area (Å²) in [6.45, 7) is 3.28. The Labute approximate surface area is 220 Å². The van der Waals surface area contributed by atoms with Crippen LogP contribution in [0.1, 0.15) is 58.8 Å². The molecular weight excluding hydrogens is 490 g/mol. The molecule has 1 atom stereocenters. The number of rotatable bonds is 7. The molecule has 2 fully saturated rings. The highest BCUT2D eigenvalue weighted by Crippen LogP contribution is 2.61. The molecule has 1 aliphatic heterocycles. The number of anilines is 1. The second-order valence-corrected chi connectivity index (χ2v) is 10.6. The summed E-state index contributed by atoms with van der Waals surface area (Å²) in [6, 6.07) is 11.2. The summed E-state index contributed by atoms with van der Waals surface area (Å²) in [4.78, 5) is 17.9. The summed E-state index contributed by atoms with van der Waals surface area (Å²) < 4.78 is 38.9. The zero-order valence-electron chi connectivity index (χ0n) is 21.9. The minimum absolute atomic E-state index is 0.0450. The number of carbonyl (C=O) groups excluding carboxylic acids is 1. The molecule has 1 unspecified atom stereocenters. The van der Waals surface area contributed by atoms with Crippen molar-refractivity contribution in [3.05, 3.63) is 58.8 Å². The molecule has 7 nitrogen and oxygen atoms in total. The molecule has 3 aromatic rings. The number of hydrogen-bond donors (Lipinski definition) is 2. The van der Waals surface area contributed by atoms with Gasteiger partial charge in [-0.25, -0.2) is 13.6 Å². The van der Waals surface area contributed by atoms with Crippen molar-refractivity contribution in [3.63, 3.8) is 0 Å². The van der Waals surface area contributed by atoms with Crippen molar-refractivity contribution in [2.75, 3.05) is 32.6 Å². The largest absolute Gasteiger partial charge is 0.496 e. The number of aromatic nitrogens is 1. The lowest BCUT2D eigenvalue weighted by atomic mass is 9.58. The Balaban J connectivity index is 1.57. The predicted molar refractivity (Wildman–Crippen MR) is 140 cm³/mol. The predicted octanol–water partition coefficient (Wildman–Crippen LogP) is 5.96. The summed E-state index contributed by atoms with van der Waals surface area (Å²) in [7, 11) is 2.98. The van der Waals surface area contributed by atoms with Gasteiger partial charge in [-0.2, -0.15) is 5.26 Å². The number of nitrogens with zero attached hydrogens (tertiary/aromatic N) is 2. The SMILES string of the molecule is COC(=O)c1ccc(C2CC3(CCN2Cc2c(OC)cc(C)c4[nH]ccc24)CC(F)(F)C3)c(NCC#N)c1. The molecule has 200 valence electrons. The van der Waals surface area contributed by atoms with Gasteiger partial charge in [0.05, 0.1) is 25.9 Å². The number of alkyl halides is 2. The number of carbonyl (C=O) groups is 1. The van der Waals surface area contributed by atoms with Crippen LogP contribution in [-0.2, 0) is 11.3 Å². The van der Waals surface area contributed by atoms with E-state index in [0.717, 1.165) is 33.3 Å². The molecule has 1 aliphatic carbocycles. The minimum Gasteiger partial charge on any atom is -0.496 e. The maximum atomic E-state index is 14.1. The van der Waals surface area contributed by atoms with Crippen molar-refractivity contribution in [1.29, 1.82) is 5.26 Å². The third-order valence-electron chi connectivity index (χ3n) is 8.15. The lowest BCUT2D eigenvalue weighted by Gasteiger charge is -2.55. The number of nitriles is 1. The first-order valence-corrected chi connectivity index (χ1v) is 12.8. The molecule has 2 aromatic carbocycles. The van der Waals surface area contributed by atoms with Crippen LogP contribution in [-0.4, -0.2) is 49.1 Å². The summed E-state index contributed by atoms with van der Waals surface area (Å²) in [6.07, 6.45) is 2.94. The van der Waals surface area contributed by atoms with Crippen LogP contribution < -0.4 is 10.1 Å². The van der Waals surface area contributed by atoms with E-state index in [-0.39, 0.29) is 25.4 Å². The number of H-pyrrole nitrogens is 1. The van der Waals surface area contributed by atoms with Crippen molar-refractivity contribution in [1.82, 2.24) is 9.88 Å². The van der Waals surface area contributed by atoms with Crippen molar-refractivity contribution < 1.29 is 23.0 Å². The van der Waals surface area contributed by atoms with Gasteiger partial charge >= 0.3 is 5.97 Å². The molecule has 0 radical (unpaired) electrons. The van der Waals surface area contributed by atoms with Gasteiger partial charge in [0.1, 0.15) is 12.3 Å². The normalized spacial score (nSPS) is 20.1. The van der Waals surface area contributed by atoms with Crippen LogP contribution >= 0.6 is 0 Å². The number of nitrogens with one attached hydrogen (secondary N) is 2. The lowest BCUT2D eigenvalue weighted by Crippen LogP contribution is -2.53. The van der Waals surface area contributed by atoms with Gasteiger partial charge in [-0.15, -0.1) is 0 Å². The number of aryl methyl sites for hydroxylation is 1. The average molecular weight is 523 g/mol. The maximum Gasteiger partial charge on any atom is 0.337 e. The van der Waals surface area contributed by atoms with E-state index in [4.69, 9.17) is 9.47 Å². The van der Waals surface area contributed by atoms with Crippen LogP contribution in [0.2, 0.25) is 0 Å². The molecule has 0 bridgehead atoms. The van der Waals surface area contributed by atoms with Gasteiger partial charge in [-0.3, -0.25) is 4.90 Å². The molecule has 1 aromatic heterocycles. The Morgan fingerprint density at radius 3 is 2.74 bits per heavy atom. The number of esters is 1. The van der Waals surface area contributed by atoms with Crippen LogP contribution in [0.25, 0.3) is 10.9 Å². The Morgan fingerprint density at radius 1 is 1.26 bits per heavy atom. The Kier molecular flexibility index (Phi) is 6.78. The van der Waals surface area contributed by atoms with E-state index >= 15 is 0 Å². The van der Waals surface area contributed by atoms with Crippen LogP contribution in [0.15, 0.2) is 36.5 Å². The zero-order valence-corrected chi connectivity index (χ0v) is 21.9. The molecule has 2 heterocycles. The van der Waals surface area contributed by atoms with Crippen LogP contribution in [0, 0.1) is 23.7 Å². The number of hydrogen-bond acceptors (Lipinski definition) is 6. The highest BCUT2D eigenvalue weighted by molar-refractivity contribution is 5.91. The van der Waals surface area contributed by atoms with E-state index < -0.39 is 17.3 Å². The molecule has 1 spiro atoms. The molecular formula is C29H32F2N4O3. The molecule has 2 N–H and O–H groups in total. The fourth-order valence-electron chi connectivity index (χ4n) is 6.40. The summed E-state index contributed by atoms with van der Waals surface area (Å²) >= 11 is 0. The number of fused-ring (bicyclic) bond motifs is 1. The Bertz CT molecular complexity index is 1400. The second kappa shape index (κ2) is 9.91. The first-order valence-electron chi connectivity index (χ1n) is 12.8. The second-order valence-electron chi connectivity index (χ2n) is 10.6. The summed E-state index contributed by atoms with van der Waals surface area (Å²) in [5.41, 5.74) is 4.60. The van der Waals surface area contributed by atoms with Crippen LogP contribution in [0.4, 0.5) is 14.5 Å². The van der Waals surface area contributed by atoms with E-state index in [9.17, 15) is 18.8 Å². The fraction of sp³-hybridized carbons (Fsp3) is 0.448. The maximum absolute atomic E-state index is 14.1. The van der Waals surface area contributed by atoms with E-state index in [1.54, 1.807) is 19.2 Å². The van der Waals surface area contributed by atoms with Gasteiger partial charge < -0.3 is 19.8 Å². The van der Waals surface area contributed by atoms with Gasteiger partial charge in [0.2, 0.25) is 5.92 Å². The van der Waals surface area contributed by atoms with Gasteiger partial charge in [-0.05, 0) is 67.1 Å². The fourth-order valence-corrected chi connectivity index (χ4v) is 6.40. The van der Waals surface area contributed by atoms with Crippen LogP contribution in [0.5, 0.6) is 5.75 Å². The number of ether oxygens (including phenoxy) is 2. The Hall–Kier alpha value is -3.64. The summed E-state index contributed by atoms with van der Waals surface area (Å²) in [5.74, 6) is -2.32. The average Bonchev–Trinajstić information content (AvgIpc) is 3.39. The number of aromatic amines is 1.